The molecule has 23 heavy (non-hydrogen) atoms. The maximum Gasteiger partial charge on any atom is 0.207 e. The number of aromatic nitrogens is 3. The molecule has 2 aromatic heterocycles. The highest BCUT2D eigenvalue weighted by Crippen LogP contribution is 2.27. The molecule has 2 heterocycles. The Morgan fingerprint density at radius 1 is 1.26 bits per heavy atom. The van der Waals surface area contributed by atoms with Crippen LogP contribution in [0.25, 0.3) is 22.4 Å². The lowest BCUT2D eigenvalue weighted by atomic mass is 9.84. The Balaban J connectivity index is 1.97. The fraction of sp³-hybridized carbons (Fsp3) is 0.278. The Hall–Kier alpha value is -2.69. The van der Waals surface area contributed by atoms with E-state index in [0.717, 1.165) is 40.1 Å². The zero-order chi connectivity index (χ0) is 16.4. The number of imidazole rings is 1. The van der Waals surface area contributed by atoms with Crippen LogP contribution in [-0.4, -0.2) is 27.9 Å². The van der Waals surface area contributed by atoms with Gasteiger partial charge in [-0.2, -0.15) is 0 Å². The summed E-state index contributed by atoms with van der Waals surface area (Å²) in [5.41, 5.74) is 4.86. The second kappa shape index (κ2) is 5.83. The molecule has 0 aliphatic heterocycles. The first kappa shape index (κ1) is 15.2. The smallest absolute Gasteiger partial charge is 0.207 e. The monoisotopic (exact) mass is 308 g/mol. The number of aryl methyl sites for hydroxylation is 1. The molecular weight excluding hydrogens is 288 g/mol. The summed E-state index contributed by atoms with van der Waals surface area (Å²) >= 11 is 0. The van der Waals surface area contributed by atoms with Crippen molar-refractivity contribution in [2.45, 2.75) is 26.2 Å². The van der Waals surface area contributed by atoms with Crippen LogP contribution in [-0.2, 0) is 10.2 Å². The summed E-state index contributed by atoms with van der Waals surface area (Å²) < 4.78 is 0. The molecule has 0 saturated carbocycles. The molecule has 0 unspecified atom stereocenters. The van der Waals surface area contributed by atoms with E-state index in [9.17, 15) is 4.79 Å². The summed E-state index contributed by atoms with van der Waals surface area (Å²) in [5.74, 6) is 0.813. The van der Waals surface area contributed by atoms with Crippen molar-refractivity contribution in [2.75, 3.05) is 6.54 Å². The number of hydrogen-bond acceptors (Lipinski definition) is 3. The van der Waals surface area contributed by atoms with E-state index in [-0.39, 0.29) is 5.41 Å². The van der Waals surface area contributed by atoms with Crippen molar-refractivity contribution < 1.29 is 4.79 Å². The predicted molar refractivity (Wildman–Crippen MR) is 91.2 cm³/mol. The number of carbonyl (C=O) groups is 1. The van der Waals surface area contributed by atoms with Crippen LogP contribution in [0.15, 0.2) is 36.5 Å². The molecule has 0 spiro atoms. The lowest BCUT2D eigenvalue weighted by molar-refractivity contribution is -0.109. The standard InChI is InChI=1S/C18H20N4O/c1-12-4-5-13(9-20-12)17-21-15-7-6-14(8-16(15)22-17)18(2,3)10-19-11-23/h4-9,11H,10H2,1-3H3,(H,19,23)(H,21,22). The molecule has 0 aliphatic rings. The van der Waals surface area contributed by atoms with Crippen LogP contribution in [0, 0.1) is 6.92 Å². The van der Waals surface area contributed by atoms with Gasteiger partial charge in [0.05, 0.1) is 11.0 Å². The Morgan fingerprint density at radius 2 is 2.09 bits per heavy atom. The normalized spacial score (nSPS) is 11.6. The first-order chi connectivity index (χ1) is 11.0. The number of carbonyl (C=O) groups excluding carboxylic acids is 1. The van der Waals surface area contributed by atoms with Gasteiger partial charge in [0, 0.05) is 29.4 Å². The number of fused-ring (bicyclic) bond motifs is 1. The molecule has 118 valence electrons. The molecule has 0 fully saturated rings. The third-order valence-corrected chi connectivity index (χ3v) is 4.08. The summed E-state index contributed by atoms with van der Waals surface area (Å²) in [5, 5.41) is 2.76. The maximum absolute atomic E-state index is 10.5. The summed E-state index contributed by atoms with van der Waals surface area (Å²) in [7, 11) is 0. The van der Waals surface area contributed by atoms with Gasteiger partial charge in [0.25, 0.3) is 0 Å². The van der Waals surface area contributed by atoms with Crippen molar-refractivity contribution >= 4 is 17.4 Å². The second-order valence-electron chi connectivity index (χ2n) is 6.39. The maximum atomic E-state index is 10.5. The highest BCUT2D eigenvalue weighted by atomic mass is 16.1. The van der Waals surface area contributed by atoms with E-state index in [1.165, 1.54) is 0 Å². The number of benzene rings is 1. The molecule has 5 nitrogen and oxygen atoms in total. The van der Waals surface area contributed by atoms with E-state index in [4.69, 9.17) is 0 Å². The number of H-pyrrole nitrogens is 1. The van der Waals surface area contributed by atoms with Gasteiger partial charge in [-0.1, -0.05) is 19.9 Å². The van der Waals surface area contributed by atoms with Gasteiger partial charge in [-0.15, -0.1) is 0 Å². The molecule has 3 rings (SSSR count). The minimum atomic E-state index is -0.147. The largest absolute Gasteiger partial charge is 0.358 e. The van der Waals surface area contributed by atoms with Crippen molar-refractivity contribution in [3.63, 3.8) is 0 Å². The van der Waals surface area contributed by atoms with Gasteiger partial charge in [0.2, 0.25) is 6.41 Å². The Bertz CT molecular complexity index is 834. The van der Waals surface area contributed by atoms with Crippen molar-refractivity contribution in [3.8, 4) is 11.4 Å². The number of hydrogen-bond donors (Lipinski definition) is 2. The van der Waals surface area contributed by atoms with Crippen LogP contribution in [0.3, 0.4) is 0 Å². The van der Waals surface area contributed by atoms with Crippen molar-refractivity contribution in [1.29, 1.82) is 0 Å². The summed E-state index contributed by atoms with van der Waals surface area (Å²) in [6.45, 7) is 6.76. The molecule has 0 bridgehead atoms. The highest BCUT2D eigenvalue weighted by molar-refractivity contribution is 5.80. The first-order valence-electron chi connectivity index (χ1n) is 7.60. The van der Waals surface area contributed by atoms with Crippen molar-refractivity contribution in [2.24, 2.45) is 0 Å². The van der Waals surface area contributed by atoms with Crippen LogP contribution >= 0.6 is 0 Å². The third kappa shape index (κ3) is 3.08. The summed E-state index contributed by atoms with van der Waals surface area (Å²) in [4.78, 5) is 22.9. The van der Waals surface area contributed by atoms with Crippen LogP contribution in [0.2, 0.25) is 0 Å². The summed E-state index contributed by atoms with van der Waals surface area (Å²) in [6.07, 6.45) is 2.56. The predicted octanol–water partition coefficient (Wildman–Crippen LogP) is 2.96. The molecule has 0 atom stereocenters. The molecule has 0 saturated heterocycles. The molecule has 1 aromatic carbocycles. The second-order valence-corrected chi connectivity index (χ2v) is 6.39. The molecule has 3 aromatic rings. The SMILES string of the molecule is Cc1ccc(-c2nc3ccc(C(C)(C)CNC=O)cc3[nH]2)cn1. The highest BCUT2D eigenvalue weighted by Gasteiger charge is 2.21. The van der Waals surface area contributed by atoms with Gasteiger partial charge in [0.15, 0.2) is 0 Å². The zero-order valence-corrected chi connectivity index (χ0v) is 13.6. The first-order valence-corrected chi connectivity index (χ1v) is 7.60. The van der Waals surface area contributed by atoms with Gasteiger partial charge >= 0.3 is 0 Å². The molecule has 0 radical (unpaired) electrons. The van der Waals surface area contributed by atoms with Crippen LogP contribution in [0.1, 0.15) is 25.1 Å². The topological polar surface area (TPSA) is 70.7 Å². The Labute approximate surface area is 135 Å². The minimum absolute atomic E-state index is 0.147. The van der Waals surface area contributed by atoms with Gasteiger partial charge in [-0.25, -0.2) is 4.98 Å². The van der Waals surface area contributed by atoms with Gasteiger partial charge in [0.1, 0.15) is 5.82 Å². The van der Waals surface area contributed by atoms with Crippen molar-refractivity contribution in [3.05, 3.63) is 47.8 Å². The van der Waals surface area contributed by atoms with E-state index in [2.05, 4.69) is 46.2 Å². The average molecular weight is 308 g/mol. The van der Waals surface area contributed by atoms with Crippen LogP contribution < -0.4 is 5.32 Å². The average Bonchev–Trinajstić information content (AvgIpc) is 2.96. The molecule has 1 amide bonds. The van der Waals surface area contributed by atoms with E-state index in [1.807, 2.05) is 31.3 Å². The fourth-order valence-electron chi connectivity index (χ4n) is 2.57. The lowest BCUT2D eigenvalue weighted by Crippen LogP contribution is -2.32. The number of amides is 1. The van der Waals surface area contributed by atoms with Gasteiger partial charge in [-0.3, -0.25) is 9.78 Å². The molecule has 5 heteroatoms. The quantitative estimate of drug-likeness (QED) is 0.712. The lowest BCUT2D eigenvalue weighted by Gasteiger charge is -2.24. The molecule has 2 N–H and O–H groups in total. The number of pyridine rings is 1. The Morgan fingerprint density at radius 3 is 2.78 bits per heavy atom. The Kier molecular flexibility index (Phi) is 3.86. The van der Waals surface area contributed by atoms with E-state index >= 15 is 0 Å². The number of aromatic amines is 1. The third-order valence-electron chi connectivity index (χ3n) is 4.08. The van der Waals surface area contributed by atoms with Gasteiger partial charge < -0.3 is 10.3 Å². The zero-order valence-electron chi connectivity index (χ0n) is 13.6. The number of rotatable bonds is 5. The number of nitrogens with one attached hydrogen (secondary N) is 2. The van der Waals surface area contributed by atoms with Crippen molar-refractivity contribution in [1.82, 2.24) is 20.3 Å². The molecule has 0 aliphatic carbocycles. The van der Waals surface area contributed by atoms with E-state index in [1.54, 1.807) is 0 Å². The van der Waals surface area contributed by atoms with Crippen LogP contribution in [0.5, 0.6) is 0 Å². The summed E-state index contributed by atoms with van der Waals surface area (Å²) in [6, 6.07) is 10.2. The number of nitrogens with zero attached hydrogens (tertiary/aromatic N) is 2. The minimum Gasteiger partial charge on any atom is -0.358 e. The van der Waals surface area contributed by atoms with Gasteiger partial charge in [-0.05, 0) is 36.8 Å². The fourth-order valence-corrected chi connectivity index (χ4v) is 2.57. The van der Waals surface area contributed by atoms with E-state index < -0.39 is 0 Å². The van der Waals surface area contributed by atoms with Crippen LogP contribution in [0.4, 0.5) is 0 Å². The van der Waals surface area contributed by atoms with E-state index in [0.29, 0.717) is 6.54 Å². The molecular formula is C18H20N4O.